The first-order valence-electron chi connectivity index (χ1n) is 7.00. The molecule has 1 aliphatic heterocycles. The molecule has 2 N–H and O–H groups in total. The number of ether oxygens (including phenoxy) is 1. The number of aromatic hydroxyl groups is 1. The fraction of sp³-hybridized carbons (Fsp3) is 0.600. The third kappa shape index (κ3) is 4.11. The second kappa shape index (κ2) is 6.78. The molecule has 0 saturated carbocycles. The maximum atomic E-state index is 9.89. The minimum atomic E-state index is 0.292. The summed E-state index contributed by atoms with van der Waals surface area (Å²) in [6.07, 6.45) is 2.65. The van der Waals surface area contributed by atoms with Gasteiger partial charge in [-0.05, 0) is 38.9 Å². The molecule has 4 heteroatoms. The summed E-state index contributed by atoms with van der Waals surface area (Å²) in [6.45, 7) is 6.40. The van der Waals surface area contributed by atoms with E-state index >= 15 is 0 Å². The summed E-state index contributed by atoms with van der Waals surface area (Å²) >= 11 is 0. The summed E-state index contributed by atoms with van der Waals surface area (Å²) in [5, 5.41) is 13.4. The van der Waals surface area contributed by atoms with Gasteiger partial charge < -0.3 is 20.1 Å². The second-order valence-corrected chi connectivity index (χ2v) is 5.28. The van der Waals surface area contributed by atoms with E-state index in [1.54, 1.807) is 13.2 Å². The van der Waals surface area contributed by atoms with Crippen LogP contribution in [0.5, 0.6) is 11.5 Å². The van der Waals surface area contributed by atoms with Crippen LogP contribution in [0.3, 0.4) is 0 Å². The number of methoxy groups -OCH3 is 1. The molecule has 1 aliphatic rings. The van der Waals surface area contributed by atoms with Crippen molar-refractivity contribution in [2.75, 3.05) is 26.7 Å². The predicted molar refractivity (Wildman–Crippen MR) is 76.6 cm³/mol. The number of hydrogen-bond donors (Lipinski definition) is 2. The van der Waals surface area contributed by atoms with Crippen molar-refractivity contribution in [1.29, 1.82) is 0 Å². The molecule has 106 valence electrons. The quantitative estimate of drug-likeness (QED) is 0.824. The van der Waals surface area contributed by atoms with Crippen LogP contribution in [0.15, 0.2) is 18.2 Å². The first-order chi connectivity index (χ1) is 9.19. The Hall–Kier alpha value is -1.26. The molecule has 4 nitrogen and oxygen atoms in total. The van der Waals surface area contributed by atoms with Gasteiger partial charge in [0.05, 0.1) is 7.11 Å². The van der Waals surface area contributed by atoms with Crippen LogP contribution in [0.1, 0.15) is 25.3 Å². The van der Waals surface area contributed by atoms with Crippen molar-refractivity contribution in [3.05, 3.63) is 23.8 Å². The predicted octanol–water partition coefficient (Wildman–Crippen LogP) is 1.97. The number of nitrogens with one attached hydrogen (secondary N) is 1. The van der Waals surface area contributed by atoms with Gasteiger partial charge in [-0.25, -0.2) is 0 Å². The van der Waals surface area contributed by atoms with Crippen LogP contribution in [0, 0.1) is 0 Å². The summed E-state index contributed by atoms with van der Waals surface area (Å²) < 4.78 is 5.08. The monoisotopic (exact) mass is 264 g/mol. The Kier molecular flexibility index (Phi) is 5.05. The zero-order valence-corrected chi connectivity index (χ0v) is 11.9. The smallest absolute Gasteiger partial charge is 0.123 e. The summed E-state index contributed by atoms with van der Waals surface area (Å²) in [5.41, 5.74) is 0.911. The largest absolute Gasteiger partial charge is 0.507 e. The first-order valence-corrected chi connectivity index (χ1v) is 7.00. The van der Waals surface area contributed by atoms with Gasteiger partial charge in [0.2, 0.25) is 0 Å². The van der Waals surface area contributed by atoms with Crippen LogP contribution in [-0.4, -0.2) is 42.8 Å². The Balaban J connectivity index is 1.80. The first kappa shape index (κ1) is 14.2. The lowest BCUT2D eigenvalue weighted by Gasteiger charge is -2.21. The summed E-state index contributed by atoms with van der Waals surface area (Å²) in [5.74, 6) is 0.978. The highest BCUT2D eigenvalue weighted by Crippen LogP contribution is 2.23. The van der Waals surface area contributed by atoms with Crippen LogP contribution in [0.2, 0.25) is 0 Å². The van der Waals surface area contributed by atoms with E-state index < -0.39 is 0 Å². The van der Waals surface area contributed by atoms with Crippen LogP contribution in [0.25, 0.3) is 0 Å². The zero-order valence-electron chi connectivity index (χ0n) is 11.9. The van der Waals surface area contributed by atoms with Crippen molar-refractivity contribution in [2.45, 2.75) is 32.4 Å². The molecule has 1 heterocycles. The van der Waals surface area contributed by atoms with Gasteiger partial charge in [0, 0.05) is 30.8 Å². The average molecular weight is 264 g/mol. The second-order valence-electron chi connectivity index (χ2n) is 5.28. The topological polar surface area (TPSA) is 44.7 Å². The minimum absolute atomic E-state index is 0.292. The van der Waals surface area contributed by atoms with Crippen LogP contribution in [-0.2, 0) is 6.54 Å². The van der Waals surface area contributed by atoms with E-state index in [4.69, 9.17) is 4.74 Å². The number of hydrogen-bond acceptors (Lipinski definition) is 4. The van der Waals surface area contributed by atoms with E-state index in [1.165, 1.54) is 25.9 Å². The van der Waals surface area contributed by atoms with Crippen molar-refractivity contribution in [2.24, 2.45) is 0 Å². The Morgan fingerprint density at radius 1 is 1.37 bits per heavy atom. The molecule has 1 aromatic carbocycles. The van der Waals surface area contributed by atoms with Gasteiger partial charge >= 0.3 is 0 Å². The molecule has 1 aromatic rings. The van der Waals surface area contributed by atoms with Crippen molar-refractivity contribution >= 4 is 0 Å². The number of rotatable bonds is 6. The fourth-order valence-corrected chi connectivity index (χ4v) is 2.52. The molecule has 19 heavy (non-hydrogen) atoms. The molecular weight excluding hydrogens is 240 g/mol. The van der Waals surface area contributed by atoms with Gasteiger partial charge in [0.25, 0.3) is 0 Å². The van der Waals surface area contributed by atoms with Gasteiger partial charge in [0.15, 0.2) is 0 Å². The lowest BCUT2D eigenvalue weighted by atomic mass is 10.1. The lowest BCUT2D eigenvalue weighted by molar-refractivity contribution is 0.297. The Labute approximate surface area is 115 Å². The number of nitrogens with zero attached hydrogens (tertiary/aromatic N) is 1. The zero-order chi connectivity index (χ0) is 13.7. The summed E-state index contributed by atoms with van der Waals surface area (Å²) in [7, 11) is 1.60. The van der Waals surface area contributed by atoms with E-state index in [9.17, 15) is 5.11 Å². The maximum absolute atomic E-state index is 9.89. The highest BCUT2D eigenvalue weighted by atomic mass is 16.5. The fourth-order valence-electron chi connectivity index (χ4n) is 2.52. The van der Waals surface area contributed by atoms with Crippen LogP contribution < -0.4 is 10.1 Å². The van der Waals surface area contributed by atoms with Crippen molar-refractivity contribution in [1.82, 2.24) is 10.2 Å². The van der Waals surface area contributed by atoms with E-state index in [1.807, 2.05) is 12.1 Å². The molecule has 0 radical (unpaired) electrons. The normalized spacial score (nSPS) is 17.6. The van der Waals surface area contributed by atoms with E-state index in [0.717, 1.165) is 12.1 Å². The molecule has 0 bridgehead atoms. The minimum Gasteiger partial charge on any atom is -0.507 e. The molecule has 0 amide bonds. The lowest BCUT2D eigenvalue weighted by Crippen LogP contribution is -2.37. The third-order valence-electron chi connectivity index (χ3n) is 3.66. The molecule has 0 aliphatic carbocycles. The van der Waals surface area contributed by atoms with Gasteiger partial charge in [-0.2, -0.15) is 0 Å². The van der Waals surface area contributed by atoms with Crippen molar-refractivity contribution < 1.29 is 9.84 Å². The molecule has 0 aromatic heterocycles. The molecular formula is C15H24N2O2. The van der Waals surface area contributed by atoms with Crippen LogP contribution >= 0.6 is 0 Å². The van der Waals surface area contributed by atoms with E-state index in [-0.39, 0.29) is 0 Å². The number of phenols is 1. The summed E-state index contributed by atoms with van der Waals surface area (Å²) in [4.78, 5) is 2.49. The molecule has 1 fully saturated rings. The van der Waals surface area contributed by atoms with Gasteiger partial charge in [-0.1, -0.05) is 6.07 Å². The molecule has 1 saturated heterocycles. The Morgan fingerprint density at radius 2 is 2.11 bits per heavy atom. The maximum Gasteiger partial charge on any atom is 0.123 e. The van der Waals surface area contributed by atoms with Gasteiger partial charge in [-0.15, -0.1) is 0 Å². The van der Waals surface area contributed by atoms with E-state index in [2.05, 4.69) is 17.1 Å². The number of benzene rings is 1. The molecule has 0 spiro atoms. The van der Waals surface area contributed by atoms with Gasteiger partial charge in [0.1, 0.15) is 11.5 Å². The van der Waals surface area contributed by atoms with E-state index in [0.29, 0.717) is 24.1 Å². The Morgan fingerprint density at radius 3 is 2.74 bits per heavy atom. The van der Waals surface area contributed by atoms with Gasteiger partial charge in [-0.3, -0.25) is 0 Å². The highest BCUT2D eigenvalue weighted by molar-refractivity contribution is 5.39. The molecule has 2 rings (SSSR count). The number of phenolic OH excluding ortho intramolecular Hbond substituents is 1. The standard InChI is InChI=1S/C15H24N2O2/c1-12(11-17-7-3-4-8-17)16-10-13-5-6-14(19-2)9-15(13)18/h5-6,9,12,16,18H,3-4,7-8,10-11H2,1-2H3. The van der Waals surface area contributed by atoms with Crippen molar-refractivity contribution in [3.63, 3.8) is 0 Å². The Bertz CT molecular complexity index is 403. The number of likely N-dealkylation sites (tertiary alicyclic amines) is 1. The average Bonchev–Trinajstić information content (AvgIpc) is 2.90. The third-order valence-corrected chi connectivity index (χ3v) is 3.66. The SMILES string of the molecule is COc1ccc(CNC(C)CN2CCCC2)c(O)c1. The molecule has 1 atom stereocenters. The van der Waals surface area contributed by atoms with Crippen molar-refractivity contribution in [3.8, 4) is 11.5 Å². The molecule has 1 unspecified atom stereocenters. The van der Waals surface area contributed by atoms with Crippen LogP contribution in [0.4, 0.5) is 0 Å². The highest BCUT2D eigenvalue weighted by Gasteiger charge is 2.14. The summed E-state index contributed by atoms with van der Waals surface area (Å²) in [6, 6.07) is 5.87.